The van der Waals surface area contributed by atoms with Gasteiger partial charge in [0.2, 0.25) is 0 Å². The normalized spacial score (nSPS) is 12.5. The van der Waals surface area contributed by atoms with Gasteiger partial charge in [-0.05, 0) is 18.4 Å². The van der Waals surface area contributed by atoms with E-state index < -0.39 is 6.04 Å². The molecule has 1 unspecified atom stereocenters. The highest BCUT2D eigenvalue weighted by molar-refractivity contribution is 5.96. The Hall–Kier alpha value is -2.56. The van der Waals surface area contributed by atoms with Crippen LogP contribution in [0.25, 0.3) is 0 Å². The van der Waals surface area contributed by atoms with Crippen LogP contribution in [0.1, 0.15) is 57.2 Å². The molecule has 0 saturated carbocycles. The molecule has 1 rings (SSSR count). The molecule has 26 heavy (non-hydrogen) atoms. The molecule has 1 N–H and O–H groups in total. The first-order valence-electron chi connectivity index (χ1n) is 8.64. The highest BCUT2D eigenvalue weighted by atomic mass is 16.2. The number of aryl methyl sites for hydroxylation is 1. The molecular weight excluding hydrogens is 332 g/mol. The highest BCUT2D eigenvalue weighted by Crippen LogP contribution is 2.21. The van der Waals surface area contributed by atoms with Crippen molar-refractivity contribution in [1.29, 1.82) is 5.26 Å². The van der Waals surface area contributed by atoms with Gasteiger partial charge in [-0.1, -0.05) is 34.6 Å². The van der Waals surface area contributed by atoms with E-state index in [1.165, 1.54) is 23.8 Å². The largest absolute Gasteiger partial charge is 0.339 e. The molecule has 1 aromatic rings. The predicted molar refractivity (Wildman–Crippen MR) is 98.8 cm³/mol. The number of hydrogen-bond donors (Lipinski definition) is 1. The Morgan fingerprint density at radius 2 is 1.92 bits per heavy atom. The lowest BCUT2D eigenvalue weighted by Gasteiger charge is -2.28. The van der Waals surface area contributed by atoms with Crippen LogP contribution in [0.15, 0.2) is 6.07 Å². The maximum absolute atomic E-state index is 12.7. The van der Waals surface area contributed by atoms with Crippen molar-refractivity contribution < 1.29 is 9.59 Å². The molecule has 0 aliphatic heterocycles. The lowest BCUT2D eigenvalue weighted by atomic mass is 9.92. The fraction of sp³-hybridized carbons (Fsp3) is 0.667. The monoisotopic (exact) mass is 362 g/mol. The summed E-state index contributed by atoms with van der Waals surface area (Å²) in [7, 11) is 4.70. The first kappa shape index (κ1) is 21.5. The van der Waals surface area contributed by atoms with Gasteiger partial charge >= 0.3 is 0 Å². The molecular formula is C18H30N6O2. The second-order valence-corrected chi connectivity index (χ2v) is 7.93. The Morgan fingerprint density at radius 3 is 2.35 bits per heavy atom. The van der Waals surface area contributed by atoms with Gasteiger partial charge in [0.15, 0.2) is 6.19 Å². The second-order valence-electron chi connectivity index (χ2n) is 7.93. The molecule has 0 radical (unpaired) electrons. The molecule has 0 saturated heterocycles. The highest BCUT2D eigenvalue weighted by Gasteiger charge is 2.29. The Morgan fingerprint density at radius 1 is 1.35 bits per heavy atom. The van der Waals surface area contributed by atoms with Crippen LogP contribution < -0.4 is 5.32 Å². The molecule has 1 aromatic heterocycles. The summed E-state index contributed by atoms with van der Waals surface area (Å²) in [5, 5.41) is 18.5. The first-order chi connectivity index (χ1) is 11.9. The van der Waals surface area contributed by atoms with E-state index in [2.05, 4.69) is 10.4 Å². The molecule has 0 bridgehead atoms. The molecule has 8 nitrogen and oxygen atoms in total. The summed E-state index contributed by atoms with van der Waals surface area (Å²) in [6, 6.07) is 1.02. The van der Waals surface area contributed by atoms with Crippen LogP contribution in [0, 0.1) is 17.4 Å². The molecule has 144 valence electrons. The summed E-state index contributed by atoms with van der Waals surface area (Å²) in [4.78, 5) is 25.4. The molecule has 0 spiro atoms. The quantitative estimate of drug-likeness (QED) is 0.472. The third-order valence-corrected chi connectivity index (χ3v) is 4.11. The molecule has 1 heterocycles. The van der Waals surface area contributed by atoms with Crippen LogP contribution in [0.4, 0.5) is 0 Å². The van der Waals surface area contributed by atoms with Gasteiger partial charge in [0.1, 0.15) is 11.7 Å². The van der Waals surface area contributed by atoms with E-state index in [-0.39, 0.29) is 23.1 Å². The zero-order chi connectivity index (χ0) is 20.2. The molecule has 0 fully saturated rings. The van der Waals surface area contributed by atoms with E-state index in [9.17, 15) is 9.59 Å². The van der Waals surface area contributed by atoms with E-state index in [0.717, 1.165) is 10.7 Å². The van der Waals surface area contributed by atoms with Crippen molar-refractivity contribution in [2.45, 2.75) is 52.5 Å². The van der Waals surface area contributed by atoms with Crippen molar-refractivity contribution in [3.63, 3.8) is 0 Å². The third-order valence-electron chi connectivity index (χ3n) is 4.11. The summed E-state index contributed by atoms with van der Waals surface area (Å²) < 4.78 is 1.53. The summed E-state index contributed by atoms with van der Waals surface area (Å²) >= 11 is 0. The molecule has 8 heteroatoms. The van der Waals surface area contributed by atoms with Crippen molar-refractivity contribution in [1.82, 2.24) is 25.1 Å². The fourth-order valence-corrected chi connectivity index (χ4v) is 2.41. The summed E-state index contributed by atoms with van der Waals surface area (Å²) in [5.74, 6) is -0.501. The number of nitriles is 1. The number of carbonyl (C=O) groups excluding carboxylic acids is 2. The third kappa shape index (κ3) is 5.22. The van der Waals surface area contributed by atoms with E-state index in [1.807, 2.05) is 40.8 Å². The number of likely N-dealkylation sites (N-methyl/N-ethyl adjacent to an activating group) is 1. The molecule has 2 amide bonds. The lowest BCUT2D eigenvalue weighted by molar-refractivity contribution is -0.142. The molecule has 0 aliphatic rings. The maximum atomic E-state index is 12.7. The number of nitrogens with zero attached hydrogens (tertiary/aromatic N) is 5. The van der Waals surface area contributed by atoms with Crippen LogP contribution in [0.2, 0.25) is 0 Å². The Balaban J connectivity index is 3.05. The van der Waals surface area contributed by atoms with E-state index >= 15 is 0 Å². The summed E-state index contributed by atoms with van der Waals surface area (Å²) in [6.07, 6.45) is 2.35. The zero-order valence-electron chi connectivity index (χ0n) is 17.0. The minimum absolute atomic E-state index is 0.181. The van der Waals surface area contributed by atoms with Gasteiger partial charge < -0.3 is 5.32 Å². The lowest BCUT2D eigenvalue weighted by Crippen LogP contribution is -2.51. The zero-order valence-corrected chi connectivity index (χ0v) is 17.0. The van der Waals surface area contributed by atoms with Crippen molar-refractivity contribution in [2.75, 3.05) is 14.1 Å². The van der Waals surface area contributed by atoms with Gasteiger partial charge in [0.05, 0.1) is 5.69 Å². The number of carbonyl (C=O) groups is 2. The minimum atomic E-state index is -0.726. The van der Waals surface area contributed by atoms with Crippen LogP contribution in [0.5, 0.6) is 0 Å². The van der Waals surface area contributed by atoms with Crippen LogP contribution >= 0.6 is 0 Å². The van der Waals surface area contributed by atoms with Gasteiger partial charge in [-0.3, -0.25) is 14.3 Å². The van der Waals surface area contributed by atoms with Gasteiger partial charge in [-0.25, -0.2) is 10.0 Å². The predicted octanol–water partition coefficient (Wildman–Crippen LogP) is 1.65. The number of hydrazine groups is 1. The molecule has 0 aliphatic carbocycles. The standard InChI is InChI=1S/C18H30N6O2/c1-12(2)9-13(17(26)24(8)22(6)11-19)20-16(25)14-10-15(18(3,4)5)21-23(14)7/h10,12-13H,9H2,1-8H3,(H,20,25). The minimum Gasteiger partial charge on any atom is -0.339 e. The Kier molecular flexibility index (Phi) is 6.79. The molecule has 1 atom stereocenters. The van der Waals surface area contributed by atoms with Crippen molar-refractivity contribution in [3.8, 4) is 6.19 Å². The smallest absolute Gasteiger partial charge is 0.270 e. The second kappa shape index (κ2) is 8.21. The number of nitrogens with one attached hydrogen (secondary N) is 1. The number of rotatable bonds is 6. The SMILES string of the molecule is CC(C)CC(NC(=O)c1cc(C(C)(C)C)nn1C)C(=O)N(C)N(C)C#N. The van der Waals surface area contributed by atoms with Crippen molar-refractivity contribution in [2.24, 2.45) is 13.0 Å². The van der Waals surface area contributed by atoms with Crippen LogP contribution in [0.3, 0.4) is 0 Å². The van der Waals surface area contributed by atoms with Gasteiger partial charge in [0, 0.05) is 26.6 Å². The summed E-state index contributed by atoms with van der Waals surface area (Å²) in [6.45, 7) is 10.0. The molecule has 0 aromatic carbocycles. The average molecular weight is 362 g/mol. The number of amides is 2. The topological polar surface area (TPSA) is 94.3 Å². The van der Waals surface area contributed by atoms with Gasteiger partial charge in [-0.2, -0.15) is 10.4 Å². The van der Waals surface area contributed by atoms with E-state index in [0.29, 0.717) is 12.1 Å². The van der Waals surface area contributed by atoms with Crippen molar-refractivity contribution in [3.05, 3.63) is 17.5 Å². The van der Waals surface area contributed by atoms with E-state index in [4.69, 9.17) is 5.26 Å². The fourth-order valence-electron chi connectivity index (χ4n) is 2.41. The van der Waals surface area contributed by atoms with Crippen LogP contribution in [-0.4, -0.2) is 51.7 Å². The van der Waals surface area contributed by atoms with E-state index in [1.54, 1.807) is 13.1 Å². The summed E-state index contributed by atoms with van der Waals surface area (Å²) in [5.41, 5.74) is 1.02. The number of aromatic nitrogens is 2. The Bertz CT molecular complexity index is 696. The van der Waals surface area contributed by atoms with Crippen molar-refractivity contribution >= 4 is 11.8 Å². The average Bonchev–Trinajstić information content (AvgIpc) is 2.93. The maximum Gasteiger partial charge on any atom is 0.270 e. The first-order valence-corrected chi connectivity index (χ1v) is 8.64. The van der Waals surface area contributed by atoms with Gasteiger partial charge in [0.25, 0.3) is 11.8 Å². The Labute approximate surface area is 155 Å². The van der Waals surface area contributed by atoms with Gasteiger partial charge in [-0.15, -0.1) is 0 Å². The number of hydrogen-bond acceptors (Lipinski definition) is 5. The van der Waals surface area contributed by atoms with Crippen LogP contribution in [-0.2, 0) is 17.3 Å².